The number of hydrogen-bond acceptors (Lipinski definition) is 3. The van der Waals surface area contributed by atoms with E-state index >= 15 is 0 Å². The molecule has 3 N–H and O–H groups in total. The van der Waals surface area contributed by atoms with Gasteiger partial charge in [0.2, 0.25) is 0 Å². The summed E-state index contributed by atoms with van der Waals surface area (Å²) in [5.41, 5.74) is 7.06. The molecule has 18 heavy (non-hydrogen) atoms. The fraction of sp³-hybridized carbons (Fsp3) is 0.200. The van der Waals surface area contributed by atoms with Crippen molar-refractivity contribution >= 4 is 5.69 Å². The minimum atomic E-state index is 0.784. The van der Waals surface area contributed by atoms with Gasteiger partial charge in [-0.15, -0.1) is 0 Å². The first kappa shape index (κ1) is 12.5. The molecule has 0 amide bonds. The van der Waals surface area contributed by atoms with Gasteiger partial charge >= 0.3 is 0 Å². The maximum Gasteiger partial charge on any atom is 0.129 e. The summed E-state index contributed by atoms with van der Waals surface area (Å²) < 4.78 is 5.84. The minimum Gasteiger partial charge on any atom is -0.457 e. The van der Waals surface area contributed by atoms with Crippen molar-refractivity contribution in [2.75, 3.05) is 5.43 Å². The lowest BCUT2D eigenvalue weighted by Crippen LogP contribution is -2.06. The van der Waals surface area contributed by atoms with Gasteiger partial charge in [0, 0.05) is 6.07 Å². The molecule has 0 aliphatic rings. The van der Waals surface area contributed by atoms with Crippen LogP contribution in [0.3, 0.4) is 0 Å². The molecule has 2 aromatic carbocycles. The summed E-state index contributed by atoms with van der Waals surface area (Å²) in [5, 5.41) is 0. The highest BCUT2D eigenvalue weighted by Crippen LogP contribution is 2.26. The summed E-state index contributed by atoms with van der Waals surface area (Å²) in [7, 11) is 0. The zero-order chi connectivity index (χ0) is 13.1. The molecule has 94 valence electrons. The number of nitrogen functional groups attached to an aromatic ring is 1. The quantitative estimate of drug-likeness (QED) is 0.637. The van der Waals surface area contributed by atoms with Gasteiger partial charge in [0.25, 0.3) is 0 Å². The predicted octanol–water partition coefficient (Wildman–Crippen LogP) is 3.69. The molecule has 0 saturated carbocycles. The molecule has 0 aliphatic carbocycles. The first-order valence-corrected chi connectivity index (χ1v) is 5.92. The van der Waals surface area contributed by atoms with Gasteiger partial charge in [0.1, 0.15) is 11.5 Å². The molecular formula is C15H18N2O. The molecule has 0 unspecified atom stereocenters. The van der Waals surface area contributed by atoms with Crippen molar-refractivity contribution in [3.8, 4) is 11.5 Å². The van der Waals surface area contributed by atoms with Crippen molar-refractivity contribution < 1.29 is 4.74 Å². The average molecular weight is 242 g/mol. The molecule has 0 aliphatic heterocycles. The normalized spacial score (nSPS) is 10.2. The van der Waals surface area contributed by atoms with E-state index in [1.807, 2.05) is 37.3 Å². The molecule has 0 bridgehead atoms. The molecule has 2 aromatic rings. The largest absolute Gasteiger partial charge is 0.457 e. The molecule has 3 nitrogen and oxygen atoms in total. The number of ether oxygens (including phenoxy) is 1. The summed E-state index contributed by atoms with van der Waals surface area (Å²) in [5.74, 6) is 7.04. The zero-order valence-corrected chi connectivity index (χ0v) is 10.9. The van der Waals surface area contributed by atoms with Crippen LogP contribution >= 0.6 is 0 Å². The van der Waals surface area contributed by atoms with Crippen LogP contribution in [0.2, 0.25) is 0 Å². The standard InChI is InChI=1S/C15H18N2O/c1-10-6-13(17-16)9-15(7-10)18-14-5-4-11(2)12(3)8-14/h4-9,17H,16H2,1-3H3. The molecular weight excluding hydrogens is 224 g/mol. The maximum absolute atomic E-state index is 5.84. The van der Waals surface area contributed by atoms with Gasteiger partial charge in [-0.1, -0.05) is 6.07 Å². The van der Waals surface area contributed by atoms with Gasteiger partial charge in [-0.3, -0.25) is 5.84 Å². The Morgan fingerprint density at radius 1 is 0.889 bits per heavy atom. The third-order valence-electron chi connectivity index (χ3n) is 2.93. The first-order valence-electron chi connectivity index (χ1n) is 5.92. The Morgan fingerprint density at radius 3 is 2.33 bits per heavy atom. The predicted molar refractivity (Wildman–Crippen MR) is 75.0 cm³/mol. The molecule has 3 heteroatoms. The lowest BCUT2D eigenvalue weighted by molar-refractivity contribution is 0.482. The van der Waals surface area contributed by atoms with E-state index < -0.39 is 0 Å². The van der Waals surface area contributed by atoms with E-state index in [1.54, 1.807) is 0 Å². The van der Waals surface area contributed by atoms with Gasteiger partial charge in [-0.25, -0.2) is 0 Å². The number of anilines is 1. The van der Waals surface area contributed by atoms with Crippen LogP contribution in [0, 0.1) is 20.8 Å². The summed E-state index contributed by atoms with van der Waals surface area (Å²) in [4.78, 5) is 0. The molecule has 0 saturated heterocycles. The van der Waals surface area contributed by atoms with Crippen molar-refractivity contribution in [2.45, 2.75) is 20.8 Å². The summed E-state index contributed by atoms with van der Waals surface area (Å²) >= 11 is 0. The summed E-state index contributed by atoms with van der Waals surface area (Å²) in [6.45, 7) is 6.17. The van der Waals surface area contributed by atoms with Crippen LogP contribution in [0.15, 0.2) is 36.4 Å². The van der Waals surface area contributed by atoms with E-state index in [0.29, 0.717) is 0 Å². The second-order valence-corrected chi connectivity index (χ2v) is 4.53. The summed E-state index contributed by atoms with van der Waals surface area (Å²) in [6, 6.07) is 11.9. The van der Waals surface area contributed by atoms with Crippen LogP contribution in [0.4, 0.5) is 5.69 Å². The van der Waals surface area contributed by atoms with Crippen LogP contribution in [0.1, 0.15) is 16.7 Å². The van der Waals surface area contributed by atoms with Crippen molar-refractivity contribution in [1.82, 2.24) is 0 Å². The van der Waals surface area contributed by atoms with Crippen LogP contribution in [0.5, 0.6) is 11.5 Å². The Balaban J connectivity index is 2.27. The van der Waals surface area contributed by atoms with Gasteiger partial charge < -0.3 is 10.2 Å². The number of hydrogen-bond donors (Lipinski definition) is 2. The van der Waals surface area contributed by atoms with Gasteiger partial charge in [0.05, 0.1) is 5.69 Å². The molecule has 0 fully saturated rings. The first-order chi connectivity index (χ1) is 8.58. The highest BCUT2D eigenvalue weighted by Gasteiger charge is 2.02. The third kappa shape index (κ3) is 2.81. The molecule has 0 aromatic heterocycles. The smallest absolute Gasteiger partial charge is 0.129 e. The van der Waals surface area contributed by atoms with Gasteiger partial charge in [-0.2, -0.15) is 0 Å². The fourth-order valence-electron chi connectivity index (χ4n) is 1.80. The maximum atomic E-state index is 5.84. The fourth-order valence-corrected chi connectivity index (χ4v) is 1.80. The van der Waals surface area contributed by atoms with Gasteiger partial charge in [0.15, 0.2) is 0 Å². The van der Waals surface area contributed by atoms with Crippen LogP contribution in [0.25, 0.3) is 0 Å². The zero-order valence-electron chi connectivity index (χ0n) is 10.9. The number of nitrogens with one attached hydrogen (secondary N) is 1. The van der Waals surface area contributed by atoms with Crippen molar-refractivity contribution in [3.05, 3.63) is 53.1 Å². The number of nitrogens with two attached hydrogens (primary N) is 1. The Bertz CT molecular complexity index is 564. The van der Waals surface area contributed by atoms with Crippen molar-refractivity contribution in [1.29, 1.82) is 0 Å². The second kappa shape index (κ2) is 5.10. The van der Waals surface area contributed by atoms with E-state index in [0.717, 1.165) is 22.7 Å². The Hall–Kier alpha value is -2.00. The van der Waals surface area contributed by atoms with E-state index in [2.05, 4.69) is 25.3 Å². The number of hydrazine groups is 1. The molecule has 0 atom stereocenters. The van der Waals surface area contributed by atoms with Crippen LogP contribution in [-0.4, -0.2) is 0 Å². The monoisotopic (exact) mass is 242 g/mol. The molecule has 0 radical (unpaired) electrons. The van der Waals surface area contributed by atoms with Crippen LogP contribution in [-0.2, 0) is 0 Å². The molecule has 0 spiro atoms. The van der Waals surface area contributed by atoms with Crippen molar-refractivity contribution in [3.63, 3.8) is 0 Å². The third-order valence-corrected chi connectivity index (χ3v) is 2.93. The Labute approximate surface area is 108 Å². The SMILES string of the molecule is Cc1cc(NN)cc(Oc2ccc(C)c(C)c2)c1. The minimum absolute atomic E-state index is 0.784. The number of rotatable bonds is 3. The summed E-state index contributed by atoms with van der Waals surface area (Å²) in [6.07, 6.45) is 0. The van der Waals surface area contributed by atoms with E-state index in [1.165, 1.54) is 11.1 Å². The van der Waals surface area contributed by atoms with Crippen LogP contribution < -0.4 is 16.0 Å². The lowest BCUT2D eigenvalue weighted by Gasteiger charge is -2.10. The Kier molecular flexibility index (Phi) is 3.53. The number of benzene rings is 2. The highest BCUT2D eigenvalue weighted by molar-refractivity contribution is 5.51. The molecule has 2 rings (SSSR count). The highest BCUT2D eigenvalue weighted by atomic mass is 16.5. The second-order valence-electron chi connectivity index (χ2n) is 4.53. The topological polar surface area (TPSA) is 47.3 Å². The van der Waals surface area contributed by atoms with E-state index in [9.17, 15) is 0 Å². The van der Waals surface area contributed by atoms with E-state index in [-0.39, 0.29) is 0 Å². The lowest BCUT2D eigenvalue weighted by atomic mass is 10.1. The number of aryl methyl sites for hydroxylation is 3. The molecule has 0 heterocycles. The van der Waals surface area contributed by atoms with E-state index in [4.69, 9.17) is 10.6 Å². The van der Waals surface area contributed by atoms with Crippen molar-refractivity contribution in [2.24, 2.45) is 5.84 Å². The average Bonchev–Trinajstić information content (AvgIpc) is 2.33. The Morgan fingerprint density at radius 2 is 1.67 bits per heavy atom. The van der Waals surface area contributed by atoms with Gasteiger partial charge in [-0.05, 0) is 61.7 Å².